The first-order valence-electron chi connectivity index (χ1n) is 6.17. The molecule has 6 heteroatoms. The van der Waals surface area contributed by atoms with E-state index in [0.29, 0.717) is 0 Å². The molecule has 0 saturated carbocycles. The number of hydrogen-bond donors (Lipinski definition) is 0. The molecule has 0 radical (unpaired) electrons. The minimum Gasteiger partial charge on any atom is -0.498 e. The molecular weight excluding hydrogens is 264 g/mol. The normalized spacial score (nSPS) is 11.1. The minimum absolute atomic E-state index is 0.111. The summed E-state index contributed by atoms with van der Waals surface area (Å²) in [5, 5.41) is 0. The van der Waals surface area contributed by atoms with Crippen LogP contribution in [0.1, 0.15) is 13.8 Å². The molecule has 6 nitrogen and oxygen atoms in total. The van der Waals surface area contributed by atoms with Crippen LogP contribution in [0.2, 0.25) is 0 Å². The van der Waals surface area contributed by atoms with E-state index in [9.17, 15) is 9.59 Å². The summed E-state index contributed by atoms with van der Waals surface area (Å²) >= 11 is 0. The highest BCUT2D eigenvalue weighted by Crippen LogP contribution is 1.88. The van der Waals surface area contributed by atoms with Crippen molar-refractivity contribution in [2.45, 2.75) is 13.8 Å². The number of esters is 2. The lowest BCUT2D eigenvalue weighted by atomic mass is 10.5. The SMILES string of the molecule is C/C=C\OCCOC(=O)/C=C/C(=O)OCCO/C=C\C. The first-order chi connectivity index (χ1) is 9.70. The van der Waals surface area contributed by atoms with Gasteiger partial charge in [-0.2, -0.15) is 0 Å². The molecule has 20 heavy (non-hydrogen) atoms. The second kappa shape index (κ2) is 13.2. The number of carbonyl (C=O) groups is 2. The predicted octanol–water partition coefficient (Wildman–Crippen LogP) is 1.73. The van der Waals surface area contributed by atoms with Crippen LogP contribution in [0.25, 0.3) is 0 Å². The molecule has 0 atom stereocenters. The van der Waals surface area contributed by atoms with Crippen molar-refractivity contribution in [3.63, 3.8) is 0 Å². The number of rotatable bonds is 10. The Hall–Kier alpha value is -2.24. The quantitative estimate of drug-likeness (QED) is 0.263. The predicted molar refractivity (Wildman–Crippen MR) is 72.6 cm³/mol. The molecule has 0 saturated heterocycles. The topological polar surface area (TPSA) is 71.1 Å². The molecule has 0 spiro atoms. The molecule has 0 aliphatic heterocycles. The summed E-state index contributed by atoms with van der Waals surface area (Å²) in [4.78, 5) is 22.3. The molecule has 0 heterocycles. The standard InChI is InChI=1S/C14H20O6/c1-3-7-17-9-11-19-13(15)5-6-14(16)20-12-10-18-8-4-2/h3-8H,9-12H2,1-2H3/b6-5+,7-3-,8-4-. The van der Waals surface area contributed by atoms with Gasteiger partial charge in [0.25, 0.3) is 0 Å². The van der Waals surface area contributed by atoms with Gasteiger partial charge in [0.1, 0.15) is 26.4 Å². The fraction of sp³-hybridized carbons (Fsp3) is 0.429. The van der Waals surface area contributed by atoms with Gasteiger partial charge < -0.3 is 18.9 Å². The number of hydrogen-bond acceptors (Lipinski definition) is 6. The largest absolute Gasteiger partial charge is 0.498 e. The summed E-state index contributed by atoms with van der Waals surface area (Å²) in [5.74, 6) is -1.26. The van der Waals surface area contributed by atoms with E-state index in [2.05, 4.69) is 0 Å². The fourth-order valence-electron chi connectivity index (χ4n) is 0.942. The first kappa shape index (κ1) is 17.8. The lowest BCUT2D eigenvalue weighted by Gasteiger charge is -2.02. The molecule has 0 rings (SSSR count). The van der Waals surface area contributed by atoms with E-state index in [1.807, 2.05) is 13.8 Å². The van der Waals surface area contributed by atoms with Gasteiger partial charge in [0, 0.05) is 12.2 Å². The highest BCUT2D eigenvalue weighted by atomic mass is 16.6. The van der Waals surface area contributed by atoms with Crippen molar-refractivity contribution in [1.29, 1.82) is 0 Å². The van der Waals surface area contributed by atoms with Gasteiger partial charge in [-0.1, -0.05) is 12.2 Å². The van der Waals surface area contributed by atoms with E-state index in [0.717, 1.165) is 12.2 Å². The van der Waals surface area contributed by atoms with E-state index in [-0.39, 0.29) is 26.4 Å². The van der Waals surface area contributed by atoms with Gasteiger partial charge in [-0.3, -0.25) is 0 Å². The van der Waals surface area contributed by atoms with Gasteiger partial charge in [0.2, 0.25) is 0 Å². The average molecular weight is 284 g/mol. The lowest BCUT2D eigenvalue weighted by Crippen LogP contribution is -2.09. The monoisotopic (exact) mass is 284 g/mol. The zero-order chi connectivity index (χ0) is 15.1. The van der Waals surface area contributed by atoms with Gasteiger partial charge >= 0.3 is 11.9 Å². The highest BCUT2D eigenvalue weighted by molar-refractivity contribution is 5.91. The van der Waals surface area contributed by atoms with Crippen LogP contribution in [-0.2, 0) is 28.5 Å². The molecule has 0 fully saturated rings. The minimum atomic E-state index is -0.629. The Morgan fingerprint density at radius 3 is 1.50 bits per heavy atom. The van der Waals surface area contributed by atoms with Gasteiger partial charge in [0.15, 0.2) is 0 Å². The number of ether oxygens (including phenoxy) is 4. The van der Waals surface area contributed by atoms with Crippen molar-refractivity contribution in [2.75, 3.05) is 26.4 Å². The molecule has 0 amide bonds. The Balaban J connectivity index is 3.64. The molecule has 0 N–H and O–H groups in total. The maximum Gasteiger partial charge on any atom is 0.331 e. The van der Waals surface area contributed by atoms with Crippen LogP contribution in [0.5, 0.6) is 0 Å². The van der Waals surface area contributed by atoms with E-state index >= 15 is 0 Å². The van der Waals surface area contributed by atoms with E-state index in [4.69, 9.17) is 18.9 Å². The van der Waals surface area contributed by atoms with Crippen LogP contribution in [-0.4, -0.2) is 38.4 Å². The van der Waals surface area contributed by atoms with Gasteiger partial charge in [-0.15, -0.1) is 0 Å². The average Bonchev–Trinajstić information content (AvgIpc) is 2.44. The van der Waals surface area contributed by atoms with Crippen LogP contribution in [0.3, 0.4) is 0 Å². The number of allylic oxidation sites excluding steroid dienone is 2. The summed E-state index contributed by atoms with van der Waals surface area (Å²) in [5.41, 5.74) is 0. The highest BCUT2D eigenvalue weighted by Gasteiger charge is 2.00. The lowest BCUT2D eigenvalue weighted by molar-refractivity contribution is -0.141. The zero-order valence-corrected chi connectivity index (χ0v) is 11.7. The Labute approximate surface area is 118 Å². The van der Waals surface area contributed by atoms with Crippen molar-refractivity contribution in [1.82, 2.24) is 0 Å². The van der Waals surface area contributed by atoms with Crippen LogP contribution < -0.4 is 0 Å². The van der Waals surface area contributed by atoms with Crippen molar-refractivity contribution >= 4 is 11.9 Å². The summed E-state index contributed by atoms with van der Waals surface area (Å²) in [6, 6.07) is 0. The van der Waals surface area contributed by atoms with Crippen LogP contribution >= 0.6 is 0 Å². The zero-order valence-electron chi connectivity index (χ0n) is 11.7. The second-order valence-corrected chi connectivity index (χ2v) is 3.35. The third-order valence-corrected chi connectivity index (χ3v) is 1.71. The summed E-state index contributed by atoms with van der Waals surface area (Å²) < 4.78 is 19.4. The molecule has 0 aliphatic rings. The molecule has 0 bridgehead atoms. The van der Waals surface area contributed by atoms with E-state index < -0.39 is 11.9 Å². The van der Waals surface area contributed by atoms with Crippen molar-refractivity contribution < 1.29 is 28.5 Å². The molecule has 0 aromatic rings. The van der Waals surface area contributed by atoms with Crippen LogP contribution in [0, 0.1) is 0 Å². The maximum absolute atomic E-state index is 11.2. The van der Waals surface area contributed by atoms with Crippen molar-refractivity contribution in [3.8, 4) is 0 Å². The third-order valence-electron chi connectivity index (χ3n) is 1.71. The summed E-state index contributed by atoms with van der Waals surface area (Å²) in [6.45, 7) is 4.36. The Bertz CT molecular complexity index is 323. The van der Waals surface area contributed by atoms with E-state index in [1.165, 1.54) is 12.5 Å². The Morgan fingerprint density at radius 2 is 1.15 bits per heavy atom. The van der Waals surface area contributed by atoms with E-state index in [1.54, 1.807) is 12.2 Å². The molecule has 0 aromatic heterocycles. The molecule has 112 valence electrons. The smallest absolute Gasteiger partial charge is 0.331 e. The molecular formula is C14H20O6. The molecule has 0 unspecified atom stereocenters. The van der Waals surface area contributed by atoms with Crippen molar-refractivity contribution in [2.24, 2.45) is 0 Å². The van der Waals surface area contributed by atoms with Gasteiger partial charge in [0.05, 0.1) is 12.5 Å². The first-order valence-corrected chi connectivity index (χ1v) is 6.17. The Kier molecular flexibility index (Phi) is 11.7. The van der Waals surface area contributed by atoms with Crippen LogP contribution in [0.4, 0.5) is 0 Å². The maximum atomic E-state index is 11.2. The fourth-order valence-corrected chi connectivity index (χ4v) is 0.942. The van der Waals surface area contributed by atoms with Gasteiger partial charge in [-0.25, -0.2) is 9.59 Å². The Morgan fingerprint density at radius 1 is 0.750 bits per heavy atom. The molecule has 0 aliphatic carbocycles. The summed E-state index contributed by atoms with van der Waals surface area (Å²) in [6.07, 6.45) is 8.44. The van der Waals surface area contributed by atoms with Crippen molar-refractivity contribution in [3.05, 3.63) is 36.8 Å². The second-order valence-electron chi connectivity index (χ2n) is 3.35. The number of carbonyl (C=O) groups excluding carboxylic acids is 2. The van der Waals surface area contributed by atoms with Gasteiger partial charge in [-0.05, 0) is 13.8 Å². The third kappa shape index (κ3) is 12.2. The summed E-state index contributed by atoms with van der Waals surface area (Å²) in [7, 11) is 0. The molecule has 0 aromatic carbocycles. The van der Waals surface area contributed by atoms with Crippen LogP contribution in [0.15, 0.2) is 36.8 Å².